The lowest BCUT2D eigenvalue weighted by atomic mass is 10.00. The normalized spacial score (nSPS) is 18.8. The lowest BCUT2D eigenvalue weighted by Gasteiger charge is -2.16. The van der Waals surface area contributed by atoms with Crippen molar-refractivity contribution in [3.63, 3.8) is 0 Å². The van der Waals surface area contributed by atoms with E-state index in [-0.39, 0.29) is 5.91 Å². The molecule has 0 radical (unpaired) electrons. The molecule has 0 aromatic carbocycles. The number of carbonyl (C=O) groups is 1. The van der Waals surface area contributed by atoms with E-state index < -0.39 is 0 Å². The zero-order valence-electron chi connectivity index (χ0n) is 11.0. The van der Waals surface area contributed by atoms with Gasteiger partial charge in [0.25, 0.3) is 5.91 Å². The molecule has 1 aliphatic heterocycles. The molecule has 3 heterocycles. The van der Waals surface area contributed by atoms with E-state index in [0.29, 0.717) is 5.92 Å². The van der Waals surface area contributed by atoms with Crippen molar-refractivity contribution in [2.45, 2.75) is 19.3 Å². The molecule has 0 spiro atoms. The third kappa shape index (κ3) is 2.26. The molecule has 1 amide bonds. The molecular formula is C15H17N3O. The maximum Gasteiger partial charge on any atom is 0.255 e. The molecule has 4 heteroatoms. The van der Waals surface area contributed by atoms with E-state index in [9.17, 15) is 4.79 Å². The fourth-order valence-corrected chi connectivity index (χ4v) is 2.69. The molecule has 0 bridgehead atoms. The van der Waals surface area contributed by atoms with E-state index in [1.807, 2.05) is 42.5 Å². The van der Waals surface area contributed by atoms with Gasteiger partial charge in [0, 0.05) is 43.8 Å². The van der Waals surface area contributed by atoms with Crippen LogP contribution in [0.3, 0.4) is 0 Å². The number of hydrogen-bond donors (Lipinski definition) is 1. The first kappa shape index (κ1) is 12.0. The summed E-state index contributed by atoms with van der Waals surface area (Å²) in [5.74, 6) is 0.571. The van der Waals surface area contributed by atoms with Crippen molar-refractivity contribution in [3.8, 4) is 0 Å². The van der Waals surface area contributed by atoms with Crippen LogP contribution in [0, 0.1) is 6.92 Å². The molecule has 19 heavy (non-hydrogen) atoms. The minimum atomic E-state index is 0.135. The van der Waals surface area contributed by atoms with Crippen LogP contribution in [0.1, 0.15) is 33.8 Å². The Labute approximate surface area is 112 Å². The van der Waals surface area contributed by atoms with E-state index in [1.165, 1.54) is 5.56 Å². The lowest BCUT2D eigenvalue weighted by molar-refractivity contribution is 0.0790. The number of pyridine rings is 1. The molecule has 1 N–H and O–H groups in total. The number of aryl methyl sites for hydroxylation is 1. The second-order valence-electron chi connectivity index (χ2n) is 5.07. The molecule has 1 atom stereocenters. The minimum Gasteiger partial charge on any atom is -0.367 e. The Morgan fingerprint density at radius 3 is 2.84 bits per heavy atom. The molecule has 1 aliphatic rings. The average Bonchev–Trinajstić information content (AvgIpc) is 3.08. The Kier molecular flexibility index (Phi) is 3.07. The summed E-state index contributed by atoms with van der Waals surface area (Å²) in [5.41, 5.74) is 3.07. The van der Waals surface area contributed by atoms with Crippen LogP contribution in [0.4, 0.5) is 0 Å². The quantitative estimate of drug-likeness (QED) is 0.895. The molecule has 1 saturated heterocycles. The van der Waals surface area contributed by atoms with Crippen molar-refractivity contribution in [3.05, 3.63) is 53.6 Å². The molecule has 0 saturated carbocycles. The monoisotopic (exact) mass is 255 g/mol. The molecular weight excluding hydrogens is 238 g/mol. The van der Waals surface area contributed by atoms with Gasteiger partial charge in [0.2, 0.25) is 0 Å². The van der Waals surface area contributed by atoms with E-state index in [4.69, 9.17) is 0 Å². The van der Waals surface area contributed by atoms with E-state index >= 15 is 0 Å². The van der Waals surface area contributed by atoms with E-state index in [1.54, 1.807) is 6.20 Å². The van der Waals surface area contributed by atoms with Crippen LogP contribution < -0.4 is 0 Å². The number of nitrogens with zero attached hydrogens (tertiary/aromatic N) is 2. The predicted molar refractivity (Wildman–Crippen MR) is 73.0 cm³/mol. The Morgan fingerprint density at radius 2 is 2.16 bits per heavy atom. The molecule has 98 valence electrons. The van der Waals surface area contributed by atoms with Gasteiger partial charge in [0.1, 0.15) is 0 Å². The average molecular weight is 255 g/mol. The van der Waals surface area contributed by atoms with E-state index in [0.717, 1.165) is 30.6 Å². The zero-order chi connectivity index (χ0) is 13.2. The predicted octanol–water partition coefficient (Wildman–Crippen LogP) is 2.35. The SMILES string of the molecule is Cc1c[nH]cc1C(=O)N1CCC(c2ccncc2)C1. The standard InChI is InChI=1S/C15H17N3O/c1-11-8-17-9-14(11)15(19)18-7-4-13(10-18)12-2-5-16-6-3-12/h2-3,5-6,8-9,13,17H,4,7,10H2,1H3. The summed E-state index contributed by atoms with van der Waals surface area (Å²) in [7, 11) is 0. The van der Waals surface area contributed by atoms with E-state index in [2.05, 4.69) is 9.97 Å². The molecule has 1 fully saturated rings. The Bertz CT molecular complexity index is 576. The van der Waals surface area contributed by atoms with Gasteiger partial charge in [-0.05, 0) is 36.6 Å². The summed E-state index contributed by atoms with van der Waals surface area (Å²) in [6.07, 6.45) is 8.31. The van der Waals surface area contributed by atoms with Gasteiger partial charge in [-0.15, -0.1) is 0 Å². The summed E-state index contributed by atoms with van der Waals surface area (Å²) in [4.78, 5) is 21.4. The van der Waals surface area contributed by atoms with Crippen LogP contribution in [0.25, 0.3) is 0 Å². The van der Waals surface area contributed by atoms with Gasteiger partial charge < -0.3 is 9.88 Å². The van der Waals surface area contributed by atoms with Crippen LogP contribution in [-0.4, -0.2) is 33.9 Å². The highest BCUT2D eigenvalue weighted by Crippen LogP contribution is 2.28. The fraction of sp³-hybridized carbons (Fsp3) is 0.333. The van der Waals surface area contributed by atoms with Crippen LogP contribution in [0.2, 0.25) is 0 Å². The summed E-state index contributed by atoms with van der Waals surface area (Å²) in [6, 6.07) is 4.08. The number of rotatable bonds is 2. The van der Waals surface area contributed by atoms with Crippen molar-refractivity contribution in [2.75, 3.05) is 13.1 Å². The van der Waals surface area contributed by atoms with Gasteiger partial charge in [-0.3, -0.25) is 9.78 Å². The highest BCUT2D eigenvalue weighted by molar-refractivity contribution is 5.95. The Balaban J connectivity index is 1.73. The van der Waals surface area contributed by atoms with Crippen LogP contribution >= 0.6 is 0 Å². The maximum atomic E-state index is 12.4. The third-order valence-electron chi connectivity index (χ3n) is 3.84. The fourth-order valence-electron chi connectivity index (χ4n) is 2.69. The lowest BCUT2D eigenvalue weighted by Crippen LogP contribution is -2.28. The molecule has 2 aromatic rings. The second-order valence-corrected chi connectivity index (χ2v) is 5.07. The first-order valence-corrected chi connectivity index (χ1v) is 6.58. The van der Waals surface area contributed by atoms with Crippen molar-refractivity contribution in [1.29, 1.82) is 0 Å². The number of hydrogen-bond acceptors (Lipinski definition) is 2. The summed E-state index contributed by atoms with van der Waals surface area (Å²) >= 11 is 0. The third-order valence-corrected chi connectivity index (χ3v) is 3.84. The highest BCUT2D eigenvalue weighted by atomic mass is 16.2. The van der Waals surface area contributed by atoms with Crippen molar-refractivity contribution in [1.82, 2.24) is 14.9 Å². The van der Waals surface area contributed by atoms with Gasteiger partial charge in [0.05, 0.1) is 5.56 Å². The number of aromatic nitrogens is 2. The van der Waals surface area contributed by atoms with Crippen molar-refractivity contribution >= 4 is 5.91 Å². The molecule has 0 aliphatic carbocycles. The number of H-pyrrole nitrogens is 1. The number of amides is 1. The first-order chi connectivity index (χ1) is 9.25. The molecule has 1 unspecified atom stereocenters. The highest BCUT2D eigenvalue weighted by Gasteiger charge is 2.28. The second kappa shape index (κ2) is 4.88. The molecule has 2 aromatic heterocycles. The number of aromatic amines is 1. The summed E-state index contributed by atoms with van der Waals surface area (Å²) in [5, 5.41) is 0. The molecule has 3 rings (SSSR count). The largest absolute Gasteiger partial charge is 0.367 e. The van der Waals surface area contributed by atoms with Gasteiger partial charge in [-0.2, -0.15) is 0 Å². The summed E-state index contributed by atoms with van der Waals surface area (Å²) < 4.78 is 0. The molecule has 4 nitrogen and oxygen atoms in total. The topological polar surface area (TPSA) is 49.0 Å². The Hall–Kier alpha value is -2.10. The van der Waals surface area contributed by atoms with Crippen molar-refractivity contribution < 1.29 is 4.79 Å². The smallest absolute Gasteiger partial charge is 0.255 e. The maximum absolute atomic E-state index is 12.4. The summed E-state index contributed by atoms with van der Waals surface area (Å²) in [6.45, 7) is 3.59. The van der Waals surface area contributed by atoms with Crippen LogP contribution in [0.15, 0.2) is 36.9 Å². The van der Waals surface area contributed by atoms with Crippen LogP contribution in [-0.2, 0) is 0 Å². The van der Waals surface area contributed by atoms with Gasteiger partial charge in [-0.25, -0.2) is 0 Å². The zero-order valence-corrected chi connectivity index (χ0v) is 11.0. The Morgan fingerprint density at radius 1 is 1.37 bits per heavy atom. The van der Waals surface area contributed by atoms with Gasteiger partial charge in [0.15, 0.2) is 0 Å². The number of carbonyl (C=O) groups excluding carboxylic acids is 1. The number of nitrogens with one attached hydrogen (secondary N) is 1. The van der Waals surface area contributed by atoms with Crippen LogP contribution in [0.5, 0.6) is 0 Å². The minimum absolute atomic E-state index is 0.135. The van der Waals surface area contributed by atoms with Crippen molar-refractivity contribution in [2.24, 2.45) is 0 Å². The first-order valence-electron chi connectivity index (χ1n) is 6.58. The van der Waals surface area contributed by atoms with Gasteiger partial charge >= 0.3 is 0 Å². The number of likely N-dealkylation sites (tertiary alicyclic amines) is 1. The van der Waals surface area contributed by atoms with Gasteiger partial charge in [-0.1, -0.05) is 0 Å².